The molecule has 0 aliphatic heterocycles. The van der Waals surface area contributed by atoms with Crippen LogP contribution in [0.15, 0.2) is 53.0 Å². The van der Waals surface area contributed by atoms with Gasteiger partial charge in [-0.05, 0) is 42.5 Å². The molecule has 0 aliphatic carbocycles. The van der Waals surface area contributed by atoms with Crippen LogP contribution in [-0.4, -0.2) is 23.2 Å². The van der Waals surface area contributed by atoms with Gasteiger partial charge in [-0.15, -0.1) is 0 Å². The highest BCUT2D eigenvalue weighted by atomic mass is 79.9. The highest BCUT2D eigenvalue weighted by molar-refractivity contribution is 9.10. The van der Waals surface area contributed by atoms with E-state index in [1.165, 1.54) is 0 Å². The van der Waals surface area contributed by atoms with E-state index < -0.39 is 12.1 Å². The summed E-state index contributed by atoms with van der Waals surface area (Å²) in [7, 11) is 0. The van der Waals surface area contributed by atoms with E-state index in [9.17, 15) is 9.59 Å². The fourth-order valence-corrected chi connectivity index (χ4v) is 2.93. The maximum Gasteiger partial charge on any atom is 0.407 e. The smallest absolute Gasteiger partial charge is 0.407 e. The quantitative estimate of drug-likeness (QED) is 0.661. The van der Waals surface area contributed by atoms with Crippen molar-refractivity contribution in [2.45, 2.75) is 38.8 Å². The Balaban J connectivity index is 1.95. The zero-order chi connectivity index (χ0) is 18.9. The molecule has 26 heavy (non-hydrogen) atoms. The zero-order valence-electron chi connectivity index (χ0n) is 14.6. The molecule has 6 heteroatoms. The molecule has 0 saturated heterocycles. The molecule has 0 bridgehead atoms. The van der Waals surface area contributed by atoms with E-state index in [4.69, 9.17) is 9.84 Å². The lowest BCUT2D eigenvalue weighted by atomic mass is 10.0. The van der Waals surface area contributed by atoms with Crippen LogP contribution in [0, 0.1) is 6.92 Å². The Morgan fingerprint density at radius 2 is 1.88 bits per heavy atom. The average molecular weight is 420 g/mol. The third-order valence-electron chi connectivity index (χ3n) is 3.96. The van der Waals surface area contributed by atoms with Gasteiger partial charge >= 0.3 is 12.1 Å². The lowest BCUT2D eigenvalue weighted by Gasteiger charge is -2.18. The minimum atomic E-state index is -0.889. The summed E-state index contributed by atoms with van der Waals surface area (Å²) in [5.41, 5.74) is 3.03. The number of rotatable bonds is 8. The highest BCUT2D eigenvalue weighted by Gasteiger charge is 2.16. The van der Waals surface area contributed by atoms with Crippen LogP contribution in [0.3, 0.4) is 0 Å². The first-order chi connectivity index (χ1) is 12.4. The first-order valence-corrected chi connectivity index (χ1v) is 9.17. The Labute approximate surface area is 161 Å². The van der Waals surface area contributed by atoms with Gasteiger partial charge in [0.2, 0.25) is 0 Å². The first-order valence-electron chi connectivity index (χ1n) is 8.38. The molecule has 1 atom stereocenters. The van der Waals surface area contributed by atoms with Crippen molar-refractivity contribution < 1.29 is 19.4 Å². The molecule has 0 heterocycles. The van der Waals surface area contributed by atoms with Gasteiger partial charge in [-0.3, -0.25) is 4.79 Å². The third kappa shape index (κ3) is 6.88. The second-order valence-electron chi connectivity index (χ2n) is 6.12. The van der Waals surface area contributed by atoms with Crippen LogP contribution < -0.4 is 5.32 Å². The van der Waals surface area contributed by atoms with E-state index in [1.54, 1.807) is 0 Å². The fraction of sp³-hybridized carbons (Fsp3) is 0.300. The number of benzene rings is 2. The molecule has 0 spiro atoms. The van der Waals surface area contributed by atoms with Crippen LogP contribution >= 0.6 is 15.9 Å². The standard InChI is InChI=1S/C20H22BrNO4/c1-14-7-8-16(12-18(14)21)11-17(9-10-19(23)24)22-20(25)26-13-15-5-3-2-4-6-15/h2-8,12,17H,9-11,13H2,1H3,(H,22,25)(H,23,24). The molecule has 0 fully saturated rings. The molecular weight excluding hydrogens is 398 g/mol. The van der Waals surface area contributed by atoms with Gasteiger partial charge in [0, 0.05) is 16.9 Å². The summed E-state index contributed by atoms with van der Waals surface area (Å²) in [4.78, 5) is 23.0. The number of amides is 1. The summed E-state index contributed by atoms with van der Waals surface area (Å²) < 4.78 is 6.22. The van der Waals surface area contributed by atoms with Crippen molar-refractivity contribution >= 4 is 28.0 Å². The average Bonchev–Trinajstić information content (AvgIpc) is 2.62. The summed E-state index contributed by atoms with van der Waals surface area (Å²) in [6.07, 6.45) is 0.306. The van der Waals surface area contributed by atoms with Gasteiger partial charge in [0.15, 0.2) is 0 Å². The second-order valence-corrected chi connectivity index (χ2v) is 6.98. The van der Waals surface area contributed by atoms with Gasteiger partial charge in [-0.25, -0.2) is 4.79 Å². The number of carbonyl (C=O) groups is 2. The Kier molecular flexibility index (Phi) is 7.66. The molecule has 138 valence electrons. The largest absolute Gasteiger partial charge is 0.481 e. The molecular formula is C20H22BrNO4. The molecule has 2 aromatic rings. The molecule has 1 unspecified atom stereocenters. The second kappa shape index (κ2) is 9.97. The Bertz CT molecular complexity index is 749. The van der Waals surface area contributed by atoms with Crippen LogP contribution in [0.25, 0.3) is 0 Å². The highest BCUT2D eigenvalue weighted by Crippen LogP contribution is 2.19. The number of hydrogen-bond donors (Lipinski definition) is 2. The normalized spacial score (nSPS) is 11.6. The molecule has 5 nitrogen and oxygen atoms in total. The van der Waals surface area contributed by atoms with Crippen LogP contribution in [0.5, 0.6) is 0 Å². The molecule has 2 rings (SSSR count). The molecule has 2 N–H and O–H groups in total. The van der Waals surface area contributed by atoms with Crippen molar-refractivity contribution in [3.8, 4) is 0 Å². The Morgan fingerprint density at radius 3 is 2.54 bits per heavy atom. The van der Waals surface area contributed by atoms with E-state index >= 15 is 0 Å². The number of carbonyl (C=O) groups excluding carboxylic acids is 1. The summed E-state index contributed by atoms with van der Waals surface area (Å²) in [5, 5.41) is 11.7. The van der Waals surface area contributed by atoms with Gasteiger partial charge in [0.25, 0.3) is 0 Å². The fourth-order valence-electron chi connectivity index (χ4n) is 2.50. The number of aryl methyl sites for hydroxylation is 1. The number of carboxylic acids is 1. The van der Waals surface area contributed by atoms with Crippen molar-refractivity contribution in [1.82, 2.24) is 5.32 Å². The molecule has 0 radical (unpaired) electrons. The van der Waals surface area contributed by atoms with E-state index in [0.717, 1.165) is 21.2 Å². The van der Waals surface area contributed by atoms with Crippen LogP contribution in [-0.2, 0) is 22.6 Å². The van der Waals surface area contributed by atoms with Gasteiger partial charge in [0.1, 0.15) is 6.61 Å². The lowest BCUT2D eigenvalue weighted by molar-refractivity contribution is -0.137. The maximum absolute atomic E-state index is 12.1. The SMILES string of the molecule is Cc1ccc(CC(CCC(=O)O)NC(=O)OCc2ccccc2)cc1Br. The van der Waals surface area contributed by atoms with Crippen LogP contribution in [0.2, 0.25) is 0 Å². The molecule has 0 saturated carbocycles. The summed E-state index contributed by atoms with van der Waals surface area (Å²) in [6.45, 7) is 2.17. The first kappa shape index (κ1) is 20.0. The third-order valence-corrected chi connectivity index (χ3v) is 4.81. The predicted molar refractivity (Wildman–Crippen MR) is 103 cm³/mol. The number of ether oxygens (including phenoxy) is 1. The summed E-state index contributed by atoms with van der Waals surface area (Å²) in [5.74, 6) is -0.889. The van der Waals surface area contributed by atoms with Crippen LogP contribution in [0.1, 0.15) is 29.5 Å². The van der Waals surface area contributed by atoms with E-state index in [-0.39, 0.29) is 19.1 Å². The van der Waals surface area contributed by atoms with Crippen LogP contribution in [0.4, 0.5) is 4.79 Å². The van der Waals surface area contributed by atoms with E-state index in [1.807, 2.05) is 55.5 Å². The number of carboxylic acid groups (broad SMARTS) is 1. The van der Waals surface area contributed by atoms with Gasteiger partial charge in [0.05, 0.1) is 0 Å². The maximum atomic E-state index is 12.1. The van der Waals surface area contributed by atoms with Gasteiger partial charge in [-0.1, -0.05) is 58.4 Å². The summed E-state index contributed by atoms with van der Waals surface area (Å²) >= 11 is 3.49. The van der Waals surface area contributed by atoms with E-state index in [0.29, 0.717) is 12.8 Å². The summed E-state index contributed by atoms with van der Waals surface area (Å²) in [6, 6.07) is 15.0. The van der Waals surface area contributed by atoms with Crippen molar-refractivity contribution in [2.24, 2.45) is 0 Å². The van der Waals surface area contributed by atoms with Gasteiger partial charge < -0.3 is 15.2 Å². The number of alkyl carbamates (subject to hydrolysis) is 1. The van der Waals surface area contributed by atoms with Gasteiger partial charge in [-0.2, -0.15) is 0 Å². The molecule has 2 aromatic carbocycles. The number of hydrogen-bond acceptors (Lipinski definition) is 3. The van der Waals surface area contributed by atoms with Crippen molar-refractivity contribution in [1.29, 1.82) is 0 Å². The minimum absolute atomic E-state index is 0.0172. The zero-order valence-corrected chi connectivity index (χ0v) is 16.2. The minimum Gasteiger partial charge on any atom is -0.481 e. The Hall–Kier alpha value is -2.34. The van der Waals surface area contributed by atoms with E-state index in [2.05, 4.69) is 21.2 Å². The number of halogens is 1. The van der Waals surface area contributed by atoms with Crippen molar-refractivity contribution in [2.75, 3.05) is 0 Å². The monoisotopic (exact) mass is 419 g/mol. The molecule has 1 amide bonds. The number of nitrogens with one attached hydrogen (secondary N) is 1. The Morgan fingerprint density at radius 1 is 1.15 bits per heavy atom. The molecule has 0 aromatic heterocycles. The van der Waals surface area contributed by atoms with Crippen molar-refractivity contribution in [3.63, 3.8) is 0 Å². The number of aliphatic carboxylic acids is 1. The molecule has 0 aliphatic rings. The predicted octanol–water partition coefficient (Wildman–Crippen LogP) is 4.46. The van der Waals surface area contributed by atoms with Crippen molar-refractivity contribution in [3.05, 3.63) is 69.7 Å². The topological polar surface area (TPSA) is 75.6 Å². The lowest BCUT2D eigenvalue weighted by Crippen LogP contribution is -2.37.